The maximum atomic E-state index is 2.36. The summed E-state index contributed by atoms with van der Waals surface area (Å²) < 4.78 is 0. The van der Waals surface area contributed by atoms with E-state index < -0.39 is 7.26 Å². The molecule has 0 spiro atoms. The maximum Gasteiger partial charge on any atom is 0.0594 e. The molecular weight excluding hydrogens is 343 g/mol. The van der Waals surface area contributed by atoms with Crippen LogP contribution in [0.4, 0.5) is 0 Å². The Balaban J connectivity index is 0. The zero-order valence-corrected chi connectivity index (χ0v) is 19.9. The van der Waals surface area contributed by atoms with Crippen LogP contribution in [0.5, 0.6) is 0 Å². The molecule has 0 unspecified atom stereocenters. The van der Waals surface area contributed by atoms with Gasteiger partial charge in [-0.05, 0) is 44.9 Å². The third-order valence-corrected chi connectivity index (χ3v) is 10.8. The monoisotopic (exact) mass is 392 g/mol. The Bertz CT molecular complexity index is 211. The summed E-state index contributed by atoms with van der Waals surface area (Å²) in [6.45, 7) is 9.40. The van der Waals surface area contributed by atoms with E-state index in [0.717, 1.165) is 0 Å². The summed E-state index contributed by atoms with van der Waals surface area (Å²) in [7, 11) is -0.646. The van der Waals surface area contributed by atoms with Crippen LogP contribution in [0.2, 0.25) is 0 Å². The van der Waals surface area contributed by atoms with Gasteiger partial charge in [-0.2, -0.15) is 0 Å². The quantitative estimate of drug-likeness (QED) is 0.188. The van der Waals surface area contributed by atoms with Crippen molar-refractivity contribution in [1.82, 2.24) is 0 Å². The molecule has 0 N–H and O–H groups in total. The minimum absolute atomic E-state index is 0. The number of unbranched alkanes of at least 4 members (excludes halogenated alkanes) is 11. The summed E-state index contributed by atoms with van der Waals surface area (Å²) in [6, 6.07) is 0. The molecule has 0 aromatic carbocycles. The first-order valence-electron chi connectivity index (χ1n) is 11.6. The van der Waals surface area contributed by atoms with Gasteiger partial charge >= 0.3 is 0 Å². The van der Waals surface area contributed by atoms with Gasteiger partial charge in [0.1, 0.15) is 0 Å². The van der Waals surface area contributed by atoms with Gasteiger partial charge in [0.05, 0.1) is 24.6 Å². The molecule has 0 aliphatic heterocycles. The normalized spacial score (nSPS) is 11.5. The fraction of sp³-hybridized carbons (Fsp3) is 1.00. The molecule has 0 aromatic rings. The van der Waals surface area contributed by atoms with E-state index in [1.807, 2.05) is 0 Å². The Morgan fingerprint density at radius 3 is 0.880 bits per heavy atom. The van der Waals surface area contributed by atoms with Crippen molar-refractivity contribution in [1.29, 1.82) is 0 Å². The van der Waals surface area contributed by atoms with Crippen LogP contribution in [0.1, 0.15) is 124 Å². The van der Waals surface area contributed by atoms with Gasteiger partial charge in [0.25, 0.3) is 0 Å². The van der Waals surface area contributed by atoms with E-state index in [9.17, 15) is 0 Å². The lowest BCUT2D eigenvalue weighted by Crippen LogP contribution is -3.00. The predicted molar refractivity (Wildman–Crippen MR) is 118 cm³/mol. The lowest BCUT2D eigenvalue weighted by atomic mass is 10.2. The van der Waals surface area contributed by atoms with Gasteiger partial charge in [0.2, 0.25) is 0 Å². The Kier molecular flexibility index (Phi) is 23.5. The Labute approximate surface area is 168 Å². The van der Waals surface area contributed by atoms with Gasteiger partial charge in [-0.15, -0.1) is 0 Å². The third-order valence-electron chi connectivity index (χ3n) is 5.69. The van der Waals surface area contributed by atoms with Crippen LogP contribution in [0.15, 0.2) is 0 Å². The van der Waals surface area contributed by atoms with E-state index in [1.54, 1.807) is 24.6 Å². The van der Waals surface area contributed by atoms with Crippen molar-refractivity contribution >= 4 is 7.26 Å². The smallest absolute Gasteiger partial charge is 0.0594 e. The highest BCUT2D eigenvalue weighted by Crippen LogP contribution is 2.61. The van der Waals surface area contributed by atoms with Gasteiger partial charge in [0, 0.05) is 7.26 Å². The molecule has 0 nitrogen and oxygen atoms in total. The van der Waals surface area contributed by atoms with Crippen molar-refractivity contribution in [2.75, 3.05) is 24.6 Å². The van der Waals surface area contributed by atoms with E-state index in [2.05, 4.69) is 27.7 Å². The molecule has 154 valence electrons. The lowest BCUT2D eigenvalue weighted by Gasteiger charge is -2.28. The molecule has 0 aromatic heterocycles. The minimum Gasteiger partial charge on any atom is -1.00 e. The molecule has 0 atom stereocenters. The van der Waals surface area contributed by atoms with Crippen LogP contribution in [-0.2, 0) is 0 Å². The van der Waals surface area contributed by atoms with Crippen molar-refractivity contribution in [3.63, 3.8) is 0 Å². The topological polar surface area (TPSA) is 0 Å². The van der Waals surface area contributed by atoms with Crippen LogP contribution in [0.3, 0.4) is 0 Å². The van der Waals surface area contributed by atoms with Gasteiger partial charge < -0.3 is 12.4 Å². The third kappa shape index (κ3) is 16.6. The minimum atomic E-state index is -0.646. The molecule has 0 saturated heterocycles. The van der Waals surface area contributed by atoms with Crippen molar-refractivity contribution in [2.24, 2.45) is 0 Å². The second kappa shape index (κ2) is 21.0. The molecule has 0 bridgehead atoms. The summed E-state index contributed by atoms with van der Waals surface area (Å²) in [5.74, 6) is 0. The Morgan fingerprint density at radius 1 is 0.360 bits per heavy atom. The van der Waals surface area contributed by atoms with Crippen molar-refractivity contribution in [3.8, 4) is 0 Å². The second-order valence-electron chi connectivity index (χ2n) is 8.13. The summed E-state index contributed by atoms with van der Waals surface area (Å²) in [5.41, 5.74) is 0. The highest BCUT2D eigenvalue weighted by Gasteiger charge is 2.34. The molecule has 0 saturated carbocycles. The summed E-state index contributed by atoms with van der Waals surface area (Å²) in [6.07, 6.45) is 28.5. The first-order valence-corrected chi connectivity index (χ1v) is 14.1. The number of halogens is 1. The molecule has 25 heavy (non-hydrogen) atoms. The summed E-state index contributed by atoms with van der Waals surface area (Å²) in [4.78, 5) is 0. The van der Waals surface area contributed by atoms with E-state index in [-0.39, 0.29) is 12.4 Å². The van der Waals surface area contributed by atoms with Crippen LogP contribution in [-0.4, -0.2) is 24.6 Å². The fourth-order valence-electron chi connectivity index (χ4n) is 3.99. The van der Waals surface area contributed by atoms with Crippen molar-refractivity contribution in [2.45, 2.75) is 124 Å². The van der Waals surface area contributed by atoms with Crippen molar-refractivity contribution < 1.29 is 12.4 Å². The fourth-order valence-corrected chi connectivity index (χ4v) is 8.91. The van der Waals surface area contributed by atoms with E-state index in [1.165, 1.54) is 96.3 Å². The average molecular weight is 393 g/mol. The van der Waals surface area contributed by atoms with Crippen LogP contribution < -0.4 is 12.4 Å². The summed E-state index contributed by atoms with van der Waals surface area (Å²) >= 11 is 0. The predicted octanol–water partition coefficient (Wildman–Crippen LogP) is 5.94. The number of hydrogen-bond acceptors (Lipinski definition) is 0. The molecule has 0 aliphatic rings. The van der Waals surface area contributed by atoms with Crippen LogP contribution in [0.25, 0.3) is 0 Å². The molecule has 0 radical (unpaired) electrons. The molecule has 2 heteroatoms. The average Bonchev–Trinajstić information content (AvgIpc) is 2.60. The first kappa shape index (κ1) is 27.9. The molecule has 0 fully saturated rings. The Morgan fingerprint density at radius 2 is 0.600 bits per heavy atom. The first-order chi connectivity index (χ1) is 11.7. The molecule has 0 rings (SSSR count). The lowest BCUT2D eigenvalue weighted by molar-refractivity contribution is -0.00000558. The maximum absolute atomic E-state index is 2.36. The van der Waals surface area contributed by atoms with Crippen molar-refractivity contribution in [3.05, 3.63) is 0 Å². The van der Waals surface area contributed by atoms with E-state index in [4.69, 9.17) is 0 Å². The molecular formula is C23H50ClP. The van der Waals surface area contributed by atoms with Gasteiger partial charge in [-0.1, -0.05) is 79.1 Å². The molecule has 0 aliphatic carbocycles. The SMILES string of the molecule is CCCCCC[P+](CCCCC)(CCCCCC)CCCCCC.[Cl-]. The largest absolute Gasteiger partial charge is 1.00 e. The standard InChI is InChI=1S/C23H50P.ClH/c1-5-9-13-17-21-24(20-16-12-8-4,22-18-14-10-6-2)23-19-15-11-7-3;/h5-23H2,1-4H3;1H/q+1;/p-1. The van der Waals surface area contributed by atoms with Gasteiger partial charge in [-0.3, -0.25) is 0 Å². The van der Waals surface area contributed by atoms with Gasteiger partial charge in [-0.25, -0.2) is 0 Å². The zero-order chi connectivity index (χ0) is 17.9. The van der Waals surface area contributed by atoms with Gasteiger partial charge in [0.15, 0.2) is 0 Å². The highest BCUT2D eigenvalue weighted by atomic mass is 35.5. The summed E-state index contributed by atoms with van der Waals surface area (Å²) in [5, 5.41) is 0. The highest BCUT2D eigenvalue weighted by molar-refractivity contribution is 7.75. The van der Waals surface area contributed by atoms with Crippen LogP contribution >= 0.6 is 7.26 Å². The van der Waals surface area contributed by atoms with E-state index >= 15 is 0 Å². The molecule has 0 heterocycles. The Hall–Kier alpha value is 0.720. The van der Waals surface area contributed by atoms with Crippen LogP contribution in [0, 0.1) is 0 Å². The second-order valence-corrected chi connectivity index (χ2v) is 12.6. The van der Waals surface area contributed by atoms with E-state index in [0.29, 0.717) is 0 Å². The number of hydrogen-bond donors (Lipinski definition) is 0. The zero-order valence-electron chi connectivity index (χ0n) is 18.3. The number of rotatable bonds is 19. The molecule has 0 amide bonds.